The molecule has 0 saturated carbocycles. The number of ether oxygens (including phenoxy) is 1. The highest BCUT2D eigenvalue weighted by Crippen LogP contribution is 2.15. The minimum Gasteiger partial charge on any atom is -0.350 e. The van der Waals surface area contributed by atoms with Gasteiger partial charge < -0.3 is 10.6 Å². The average Bonchev–Trinajstić information content (AvgIpc) is 2.07. The number of carbonyl (C=O) groups is 1. The van der Waals surface area contributed by atoms with Crippen molar-refractivity contribution in [3.05, 3.63) is 0 Å². The maximum atomic E-state index is 11.6. The molecule has 4 nitrogen and oxygen atoms in total. The van der Waals surface area contributed by atoms with Gasteiger partial charge in [-0.15, -0.1) is 13.2 Å². The van der Waals surface area contributed by atoms with Crippen molar-refractivity contribution in [2.24, 2.45) is 0 Å². The Morgan fingerprint density at radius 1 is 1.29 bits per heavy atom. The molecule has 1 unspecified atom stereocenters. The monoisotopic (exact) mass is 256 g/mol. The molecule has 0 radical (unpaired) electrons. The third kappa shape index (κ3) is 10.1. The van der Waals surface area contributed by atoms with Crippen LogP contribution in [0, 0.1) is 0 Å². The van der Waals surface area contributed by atoms with Crippen LogP contribution < -0.4 is 10.6 Å². The Morgan fingerprint density at radius 2 is 1.82 bits per heavy atom. The van der Waals surface area contributed by atoms with Crippen molar-refractivity contribution in [2.75, 3.05) is 13.2 Å². The minimum atomic E-state index is -4.63. The second-order valence-corrected chi connectivity index (χ2v) is 4.71. The zero-order valence-electron chi connectivity index (χ0n) is 10.4. The second-order valence-electron chi connectivity index (χ2n) is 4.71. The number of carbonyl (C=O) groups excluding carboxylic acids is 1. The summed E-state index contributed by atoms with van der Waals surface area (Å²) in [6, 6.07) is -0.564. The predicted octanol–water partition coefficient (Wildman–Crippen LogP) is 1.42. The molecule has 1 amide bonds. The Balaban J connectivity index is 3.80. The van der Waals surface area contributed by atoms with Crippen LogP contribution in [-0.2, 0) is 9.53 Å². The van der Waals surface area contributed by atoms with E-state index in [1.165, 1.54) is 0 Å². The number of nitrogens with one attached hydrogen (secondary N) is 2. The van der Waals surface area contributed by atoms with Gasteiger partial charge in [-0.3, -0.25) is 9.53 Å². The van der Waals surface area contributed by atoms with Gasteiger partial charge in [-0.2, -0.15) is 0 Å². The molecule has 0 aliphatic carbocycles. The van der Waals surface area contributed by atoms with Crippen LogP contribution >= 0.6 is 0 Å². The Morgan fingerprint density at radius 3 is 2.24 bits per heavy atom. The van der Waals surface area contributed by atoms with E-state index in [-0.39, 0.29) is 18.0 Å². The van der Waals surface area contributed by atoms with E-state index >= 15 is 0 Å². The van der Waals surface area contributed by atoms with Gasteiger partial charge in [0.15, 0.2) is 0 Å². The Kier molecular flexibility index (Phi) is 5.91. The van der Waals surface area contributed by atoms with Crippen LogP contribution in [0.1, 0.15) is 27.7 Å². The summed E-state index contributed by atoms with van der Waals surface area (Å²) in [6.07, 6.45) is -4.63. The molecule has 2 N–H and O–H groups in total. The van der Waals surface area contributed by atoms with Crippen molar-refractivity contribution in [2.45, 2.75) is 45.6 Å². The fourth-order valence-corrected chi connectivity index (χ4v) is 1.01. The summed E-state index contributed by atoms with van der Waals surface area (Å²) in [5.74, 6) is -0.260. The minimum absolute atomic E-state index is 0.0434. The Labute approximate surface area is 98.9 Å². The summed E-state index contributed by atoms with van der Waals surface area (Å²) in [5.41, 5.74) is -0.366. The zero-order valence-corrected chi connectivity index (χ0v) is 10.4. The second kappa shape index (κ2) is 6.20. The fourth-order valence-electron chi connectivity index (χ4n) is 1.01. The lowest BCUT2D eigenvalue weighted by Gasteiger charge is -2.23. The molecule has 7 heteroatoms. The molecule has 0 saturated heterocycles. The van der Waals surface area contributed by atoms with Gasteiger partial charge in [0.2, 0.25) is 5.91 Å². The molecule has 0 heterocycles. The van der Waals surface area contributed by atoms with E-state index in [0.717, 1.165) is 0 Å². The molecule has 102 valence electrons. The normalized spacial score (nSPS) is 14.5. The van der Waals surface area contributed by atoms with Crippen LogP contribution in [0.5, 0.6) is 0 Å². The average molecular weight is 256 g/mol. The highest BCUT2D eigenvalue weighted by Gasteiger charge is 2.28. The van der Waals surface area contributed by atoms with Gasteiger partial charge in [-0.1, -0.05) is 0 Å². The highest BCUT2D eigenvalue weighted by molar-refractivity contribution is 5.81. The van der Waals surface area contributed by atoms with Gasteiger partial charge in [0, 0.05) is 12.1 Å². The first kappa shape index (κ1) is 16.2. The maximum Gasteiger partial charge on any atom is 0.522 e. The maximum absolute atomic E-state index is 11.6. The predicted molar refractivity (Wildman–Crippen MR) is 57.4 cm³/mol. The number of alkyl halides is 3. The van der Waals surface area contributed by atoms with E-state index in [9.17, 15) is 18.0 Å². The van der Waals surface area contributed by atoms with Gasteiger partial charge in [-0.25, -0.2) is 0 Å². The van der Waals surface area contributed by atoms with Gasteiger partial charge in [0.05, 0.1) is 12.6 Å². The fraction of sp³-hybridized carbons (Fsp3) is 0.900. The molecule has 17 heavy (non-hydrogen) atoms. The van der Waals surface area contributed by atoms with Crippen molar-refractivity contribution in [3.8, 4) is 0 Å². The molecule has 0 spiro atoms. The lowest BCUT2D eigenvalue weighted by Crippen LogP contribution is -2.50. The molecule has 0 aromatic carbocycles. The molecule has 0 rings (SSSR count). The third-order valence-electron chi connectivity index (χ3n) is 1.71. The van der Waals surface area contributed by atoms with E-state index in [1.54, 1.807) is 6.92 Å². The molecular weight excluding hydrogens is 237 g/mol. The first-order valence-corrected chi connectivity index (χ1v) is 5.27. The first-order valence-electron chi connectivity index (χ1n) is 5.27. The number of amides is 1. The van der Waals surface area contributed by atoms with Crippen LogP contribution in [0.4, 0.5) is 13.2 Å². The SMILES string of the molecule is CC(NCCOC(F)(F)F)C(=O)NC(C)(C)C. The summed E-state index contributed by atoms with van der Waals surface area (Å²) in [7, 11) is 0. The largest absolute Gasteiger partial charge is 0.522 e. The van der Waals surface area contributed by atoms with Crippen LogP contribution in [0.25, 0.3) is 0 Å². The molecule has 0 aliphatic heterocycles. The molecular formula is C10H19F3N2O2. The highest BCUT2D eigenvalue weighted by atomic mass is 19.4. The van der Waals surface area contributed by atoms with E-state index in [1.807, 2.05) is 20.8 Å². The first-order chi connectivity index (χ1) is 7.51. The lowest BCUT2D eigenvalue weighted by molar-refractivity contribution is -0.323. The molecule has 0 aliphatic rings. The summed E-state index contributed by atoms with van der Waals surface area (Å²) < 4.78 is 38.5. The van der Waals surface area contributed by atoms with Crippen LogP contribution in [-0.4, -0.2) is 37.0 Å². The van der Waals surface area contributed by atoms with Crippen molar-refractivity contribution < 1.29 is 22.7 Å². The summed E-state index contributed by atoms with van der Waals surface area (Å²) in [6.45, 7) is 6.49. The van der Waals surface area contributed by atoms with Crippen molar-refractivity contribution in [1.82, 2.24) is 10.6 Å². The smallest absolute Gasteiger partial charge is 0.350 e. The molecule has 0 bridgehead atoms. The summed E-state index contributed by atoms with van der Waals surface area (Å²) in [5, 5.41) is 5.35. The van der Waals surface area contributed by atoms with Gasteiger partial charge in [0.1, 0.15) is 0 Å². The van der Waals surface area contributed by atoms with Crippen molar-refractivity contribution >= 4 is 5.91 Å². The summed E-state index contributed by atoms with van der Waals surface area (Å²) in [4.78, 5) is 11.5. The van der Waals surface area contributed by atoms with Crippen LogP contribution in [0.15, 0.2) is 0 Å². The van der Waals surface area contributed by atoms with Gasteiger partial charge in [-0.05, 0) is 27.7 Å². The van der Waals surface area contributed by atoms with Gasteiger partial charge in [0.25, 0.3) is 0 Å². The summed E-state index contributed by atoms with van der Waals surface area (Å²) >= 11 is 0. The standard InChI is InChI=1S/C10H19F3N2O2/c1-7(8(16)15-9(2,3)4)14-5-6-17-10(11,12)13/h7,14H,5-6H2,1-4H3,(H,15,16). The quantitative estimate of drug-likeness (QED) is 0.731. The van der Waals surface area contributed by atoms with E-state index in [0.29, 0.717) is 0 Å². The number of hydrogen-bond donors (Lipinski definition) is 2. The van der Waals surface area contributed by atoms with Crippen LogP contribution in [0.2, 0.25) is 0 Å². The van der Waals surface area contributed by atoms with E-state index < -0.39 is 19.0 Å². The third-order valence-corrected chi connectivity index (χ3v) is 1.71. The number of halogens is 3. The Hall–Kier alpha value is -0.820. The molecule has 1 atom stereocenters. The lowest BCUT2D eigenvalue weighted by atomic mass is 10.1. The van der Waals surface area contributed by atoms with Crippen molar-refractivity contribution in [3.63, 3.8) is 0 Å². The topological polar surface area (TPSA) is 50.4 Å². The number of rotatable bonds is 5. The van der Waals surface area contributed by atoms with E-state index in [2.05, 4.69) is 15.4 Å². The van der Waals surface area contributed by atoms with E-state index in [4.69, 9.17) is 0 Å². The molecule has 0 fully saturated rings. The van der Waals surface area contributed by atoms with Crippen LogP contribution in [0.3, 0.4) is 0 Å². The number of hydrogen-bond acceptors (Lipinski definition) is 3. The van der Waals surface area contributed by atoms with Crippen molar-refractivity contribution in [1.29, 1.82) is 0 Å². The zero-order chi connectivity index (χ0) is 13.7. The Bertz CT molecular complexity index is 249. The molecule has 0 aromatic rings. The molecule has 0 aromatic heterocycles. The van der Waals surface area contributed by atoms with Gasteiger partial charge >= 0.3 is 6.36 Å².